The zero-order valence-electron chi connectivity index (χ0n) is 11.3. The van der Waals surface area contributed by atoms with Crippen molar-refractivity contribution in [1.82, 2.24) is 19.6 Å². The van der Waals surface area contributed by atoms with Gasteiger partial charge in [-0.3, -0.25) is 9.36 Å². The lowest BCUT2D eigenvalue weighted by Crippen LogP contribution is -2.06. The summed E-state index contributed by atoms with van der Waals surface area (Å²) in [4.78, 5) is 0. The van der Waals surface area contributed by atoms with Crippen LogP contribution in [0.4, 0.5) is 5.69 Å². The minimum absolute atomic E-state index is 0.743. The highest BCUT2D eigenvalue weighted by Crippen LogP contribution is 2.19. The molecule has 0 fully saturated rings. The fourth-order valence-electron chi connectivity index (χ4n) is 2.16. The molecule has 0 aliphatic rings. The maximum atomic E-state index is 6.11. The van der Waals surface area contributed by atoms with E-state index < -0.39 is 0 Å². The number of rotatable bonds is 5. The molecule has 0 radical (unpaired) electrons. The summed E-state index contributed by atoms with van der Waals surface area (Å²) in [7, 11) is 0. The van der Waals surface area contributed by atoms with E-state index in [4.69, 9.17) is 5.73 Å². The summed E-state index contributed by atoms with van der Waals surface area (Å²) >= 11 is 0. The van der Waals surface area contributed by atoms with Crippen molar-refractivity contribution in [3.05, 3.63) is 29.3 Å². The van der Waals surface area contributed by atoms with Crippen LogP contribution in [0.5, 0.6) is 0 Å². The number of hydrogen-bond donors (Lipinski definition) is 1. The van der Waals surface area contributed by atoms with Crippen LogP contribution in [0.15, 0.2) is 12.4 Å². The Morgan fingerprint density at radius 3 is 2.56 bits per heavy atom. The van der Waals surface area contributed by atoms with E-state index in [1.807, 2.05) is 15.6 Å². The molecule has 0 aliphatic carbocycles. The molecule has 0 aliphatic heterocycles. The van der Waals surface area contributed by atoms with E-state index in [1.165, 1.54) is 0 Å². The van der Waals surface area contributed by atoms with Gasteiger partial charge < -0.3 is 5.73 Å². The van der Waals surface area contributed by atoms with Gasteiger partial charge in [0, 0.05) is 18.3 Å². The van der Waals surface area contributed by atoms with Crippen molar-refractivity contribution >= 4 is 5.69 Å². The Balaban J connectivity index is 2.27. The lowest BCUT2D eigenvalue weighted by atomic mass is 10.2. The van der Waals surface area contributed by atoms with Crippen LogP contribution in [0.2, 0.25) is 0 Å². The van der Waals surface area contributed by atoms with Crippen molar-refractivity contribution in [2.75, 3.05) is 5.73 Å². The van der Waals surface area contributed by atoms with E-state index >= 15 is 0 Å². The zero-order chi connectivity index (χ0) is 13.1. The summed E-state index contributed by atoms with van der Waals surface area (Å²) in [5.41, 5.74) is 10.2. The minimum Gasteiger partial charge on any atom is -0.396 e. The smallest absolute Gasteiger partial charge is 0.0854 e. The van der Waals surface area contributed by atoms with E-state index in [2.05, 4.69) is 37.2 Å². The van der Waals surface area contributed by atoms with Crippen LogP contribution >= 0.6 is 0 Å². The molecule has 18 heavy (non-hydrogen) atoms. The Morgan fingerprint density at radius 2 is 2.00 bits per heavy atom. The first-order valence-electron chi connectivity index (χ1n) is 6.54. The minimum atomic E-state index is 0.743. The van der Waals surface area contributed by atoms with Crippen molar-refractivity contribution in [3.8, 4) is 0 Å². The number of nitrogen functional groups attached to an aromatic ring is 1. The lowest BCUT2D eigenvalue weighted by molar-refractivity contribution is 0.635. The third-order valence-corrected chi connectivity index (χ3v) is 3.19. The Labute approximate surface area is 108 Å². The maximum Gasteiger partial charge on any atom is 0.0854 e. The van der Waals surface area contributed by atoms with Gasteiger partial charge in [-0.2, -0.15) is 10.2 Å². The van der Waals surface area contributed by atoms with Crippen molar-refractivity contribution in [3.63, 3.8) is 0 Å². The van der Waals surface area contributed by atoms with Gasteiger partial charge in [-0.05, 0) is 19.8 Å². The zero-order valence-corrected chi connectivity index (χ0v) is 11.3. The van der Waals surface area contributed by atoms with Crippen LogP contribution in [-0.4, -0.2) is 19.6 Å². The number of hydrogen-bond acceptors (Lipinski definition) is 3. The quantitative estimate of drug-likeness (QED) is 0.877. The molecule has 0 bridgehead atoms. The Hall–Kier alpha value is -1.78. The van der Waals surface area contributed by atoms with Gasteiger partial charge in [0.25, 0.3) is 0 Å². The summed E-state index contributed by atoms with van der Waals surface area (Å²) < 4.78 is 3.93. The summed E-state index contributed by atoms with van der Waals surface area (Å²) in [6, 6.07) is 0. The molecule has 2 aromatic heterocycles. The van der Waals surface area contributed by atoms with Gasteiger partial charge in [-0.1, -0.05) is 13.8 Å². The molecule has 2 N–H and O–H groups in total. The Kier molecular flexibility index (Phi) is 3.69. The number of nitrogens with two attached hydrogens (primary N) is 1. The second-order valence-electron chi connectivity index (χ2n) is 4.38. The first-order valence-corrected chi connectivity index (χ1v) is 6.54. The molecule has 2 aromatic rings. The van der Waals surface area contributed by atoms with Crippen LogP contribution in [0, 0.1) is 0 Å². The van der Waals surface area contributed by atoms with Crippen LogP contribution in [-0.2, 0) is 25.9 Å². The summed E-state index contributed by atoms with van der Waals surface area (Å²) in [5.74, 6) is 0. The van der Waals surface area contributed by atoms with Gasteiger partial charge in [-0.25, -0.2) is 0 Å². The fourth-order valence-corrected chi connectivity index (χ4v) is 2.16. The topological polar surface area (TPSA) is 61.7 Å². The number of aryl methyl sites for hydroxylation is 2. The molecule has 2 rings (SSSR count). The predicted molar refractivity (Wildman–Crippen MR) is 72.4 cm³/mol. The molecule has 0 saturated carbocycles. The predicted octanol–water partition coefficient (Wildman–Crippen LogP) is 1.85. The summed E-state index contributed by atoms with van der Waals surface area (Å²) in [5, 5.41) is 8.86. The third-order valence-electron chi connectivity index (χ3n) is 3.19. The van der Waals surface area contributed by atoms with E-state index in [0.717, 1.165) is 48.6 Å². The second-order valence-corrected chi connectivity index (χ2v) is 4.38. The Bertz CT molecular complexity index is 523. The molecule has 98 valence electrons. The lowest BCUT2D eigenvalue weighted by Gasteiger charge is -2.04. The summed E-state index contributed by atoms with van der Waals surface area (Å²) in [6.07, 6.45) is 5.73. The van der Waals surface area contributed by atoms with Gasteiger partial charge in [0.05, 0.1) is 29.8 Å². The Morgan fingerprint density at radius 1 is 1.22 bits per heavy atom. The number of anilines is 1. The molecule has 0 saturated heterocycles. The largest absolute Gasteiger partial charge is 0.396 e. The van der Waals surface area contributed by atoms with Crippen LogP contribution < -0.4 is 5.73 Å². The van der Waals surface area contributed by atoms with Gasteiger partial charge in [0.2, 0.25) is 0 Å². The van der Waals surface area contributed by atoms with Crippen molar-refractivity contribution in [2.45, 2.75) is 46.7 Å². The van der Waals surface area contributed by atoms with Crippen molar-refractivity contribution < 1.29 is 0 Å². The van der Waals surface area contributed by atoms with E-state index in [-0.39, 0.29) is 0 Å². The van der Waals surface area contributed by atoms with E-state index in [0.29, 0.717) is 0 Å². The highest BCUT2D eigenvalue weighted by atomic mass is 15.3. The standard InChI is InChI=1S/C13H21N5/c1-4-11-13(14)12(5-2)18(16-11)9-10-7-15-17(6-3)8-10/h7-8H,4-6,9,14H2,1-3H3. The normalized spacial score (nSPS) is 11.1. The fraction of sp³-hybridized carbons (Fsp3) is 0.538. The molecular formula is C13H21N5. The van der Waals surface area contributed by atoms with Crippen LogP contribution in [0.25, 0.3) is 0 Å². The van der Waals surface area contributed by atoms with Gasteiger partial charge in [-0.15, -0.1) is 0 Å². The SMILES string of the molecule is CCc1nn(Cc2cnn(CC)c2)c(CC)c1N. The number of aromatic nitrogens is 4. The molecule has 5 heteroatoms. The van der Waals surface area contributed by atoms with Crippen LogP contribution in [0.3, 0.4) is 0 Å². The second kappa shape index (κ2) is 5.25. The molecule has 0 spiro atoms. The van der Waals surface area contributed by atoms with E-state index in [1.54, 1.807) is 0 Å². The maximum absolute atomic E-state index is 6.11. The molecular weight excluding hydrogens is 226 g/mol. The third kappa shape index (κ3) is 2.25. The molecule has 0 aromatic carbocycles. The van der Waals surface area contributed by atoms with E-state index in [9.17, 15) is 0 Å². The monoisotopic (exact) mass is 247 g/mol. The number of nitrogens with zero attached hydrogens (tertiary/aromatic N) is 4. The first-order chi connectivity index (χ1) is 8.69. The van der Waals surface area contributed by atoms with Crippen molar-refractivity contribution in [2.24, 2.45) is 0 Å². The van der Waals surface area contributed by atoms with Gasteiger partial charge in [0.1, 0.15) is 0 Å². The van der Waals surface area contributed by atoms with Gasteiger partial charge in [0.15, 0.2) is 0 Å². The highest BCUT2D eigenvalue weighted by molar-refractivity contribution is 5.48. The molecule has 0 amide bonds. The average molecular weight is 247 g/mol. The first kappa shape index (κ1) is 12.7. The average Bonchev–Trinajstić information content (AvgIpc) is 2.94. The molecule has 5 nitrogen and oxygen atoms in total. The van der Waals surface area contributed by atoms with Crippen molar-refractivity contribution in [1.29, 1.82) is 0 Å². The molecule has 0 atom stereocenters. The van der Waals surface area contributed by atoms with Crippen LogP contribution in [0.1, 0.15) is 37.7 Å². The summed E-state index contributed by atoms with van der Waals surface area (Å²) in [6.45, 7) is 7.90. The molecule has 0 unspecified atom stereocenters. The van der Waals surface area contributed by atoms with Gasteiger partial charge >= 0.3 is 0 Å². The highest BCUT2D eigenvalue weighted by Gasteiger charge is 2.13. The molecule has 2 heterocycles.